The summed E-state index contributed by atoms with van der Waals surface area (Å²) in [5.74, 6) is 1.63. The Kier molecular flexibility index (Phi) is 6.24. The van der Waals surface area contributed by atoms with Crippen molar-refractivity contribution in [3.63, 3.8) is 0 Å². The average Bonchev–Trinajstić information content (AvgIpc) is 3.16. The van der Waals surface area contributed by atoms with E-state index in [0.29, 0.717) is 36.4 Å². The second-order valence-electron chi connectivity index (χ2n) is 7.55. The van der Waals surface area contributed by atoms with Crippen LogP contribution < -0.4 is 5.32 Å². The summed E-state index contributed by atoms with van der Waals surface area (Å²) in [7, 11) is 0. The minimum atomic E-state index is -0.0468. The Balaban J connectivity index is 1.68. The van der Waals surface area contributed by atoms with Crippen molar-refractivity contribution in [1.29, 1.82) is 0 Å². The Bertz CT molecular complexity index is 904. The van der Waals surface area contributed by atoms with E-state index in [2.05, 4.69) is 61.4 Å². The number of hydrogen-bond acceptors (Lipinski definition) is 4. The molecule has 0 saturated heterocycles. The average molecular weight is 377 g/mol. The van der Waals surface area contributed by atoms with E-state index in [0.717, 1.165) is 22.4 Å². The first-order valence-corrected chi connectivity index (χ1v) is 9.76. The number of nitrogens with one attached hydrogen (secondary N) is 1. The molecule has 28 heavy (non-hydrogen) atoms. The lowest BCUT2D eigenvalue weighted by atomic mass is 9.92. The van der Waals surface area contributed by atoms with Gasteiger partial charge in [-0.25, -0.2) is 0 Å². The molecule has 0 unspecified atom stereocenters. The molecule has 0 bridgehead atoms. The molecule has 3 rings (SSSR count). The Hall–Kier alpha value is -2.95. The number of carbonyl (C=O) groups is 1. The van der Waals surface area contributed by atoms with Crippen LogP contribution in [-0.4, -0.2) is 16.0 Å². The van der Waals surface area contributed by atoms with Crippen LogP contribution in [-0.2, 0) is 11.2 Å². The van der Waals surface area contributed by atoms with Crippen LogP contribution in [0.3, 0.4) is 0 Å². The van der Waals surface area contributed by atoms with Gasteiger partial charge in [-0.3, -0.25) is 4.79 Å². The predicted octanol–water partition coefficient (Wildman–Crippen LogP) is 5.55. The molecule has 0 aliphatic carbocycles. The summed E-state index contributed by atoms with van der Waals surface area (Å²) in [5, 5.41) is 7.13. The molecule has 1 amide bonds. The summed E-state index contributed by atoms with van der Waals surface area (Å²) in [5.41, 5.74) is 4.15. The van der Waals surface area contributed by atoms with Crippen LogP contribution in [0, 0.1) is 0 Å². The van der Waals surface area contributed by atoms with Gasteiger partial charge in [0.25, 0.3) is 0 Å². The molecule has 0 aliphatic rings. The molecule has 0 atom stereocenters. The fraction of sp³-hybridized carbons (Fsp3) is 0.348. The summed E-state index contributed by atoms with van der Waals surface area (Å²) in [6, 6.07) is 15.9. The highest BCUT2D eigenvalue weighted by molar-refractivity contribution is 5.92. The molecular formula is C23H27N3O2. The van der Waals surface area contributed by atoms with Gasteiger partial charge < -0.3 is 9.84 Å². The van der Waals surface area contributed by atoms with E-state index in [-0.39, 0.29) is 5.91 Å². The van der Waals surface area contributed by atoms with Crippen molar-refractivity contribution in [2.24, 2.45) is 0 Å². The first kappa shape index (κ1) is 19.8. The van der Waals surface area contributed by atoms with Crippen LogP contribution in [0.5, 0.6) is 0 Å². The standard InChI is InChI=1S/C23H27N3O2/c1-15(2)18-11-8-12-19(16(3)4)22(18)24-20(27)13-14-21-25-23(26-28-21)17-9-6-5-7-10-17/h5-12,15-16H,13-14H2,1-4H3,(H,24,27). The zero-order valence-electron chi connectivity index (χ0n) is 16.9. The van der Waals surface area contributed by atoms with Crippen molar-refractivity contribution in [1.82, 2.24) is 10.1 Å². The molecule has 146 valence electrons. The van der Waals surface area contributed by atoms with E-state index >= 15 is 0 Å². The number of rotatable bonds is 7. The molecule has 0 saturated carbocycles. The monoisotopic (exact) mass is 377 g/mol. The Morgan fingerprint density at radius 2 is 1.61 bits per heavy atom. The molecule has 5 nitrogen and oxygen atoms in total. The van der Waals surface area contributed by atoms with Crippen LogP contribution >= 0.6 is 0 Å². The minimum Gasteiger partial charge on any atom is -0.339 e. The second kappa shape index (κ2) is 8.83. The molecule has 3 aromatic rings. The van der Waals surface area contributed by atoms with Crippen molar-refractivity contribution in [3.8, 4) is 11.4 Å². The number of hydrogen-bond donors (Lipinski definition) is 1. The minimum absolute atomic E-state index is 0.0468. The van der Waals surface area contributed by atoms with E-state index in [1.807, 2.05) is 30.3 Å². The van der Waals surface area contributed by atoms with Crippen molar-refractivity contribution in [3.05, 3.63) is 65.5 Å². The molecular weight excluding hydrogens is 350 g/mol. The number of para-hydroxylation sites is 1. The second-order valence-corrected chi connectivity index (χ2v) is 7.55. The van der Waals surface area contributed by atoms with Crippen molar-refractivity contribution >= 4 is 11.6 Å². The number of aromatic nitrogens is 2. The lowest BCUT2D eigenvalue weighted by Crippen LogP contribution is -2.16. The normalized spacial score (nSPS) is 11.2. The highest BCUT2D eigenvalue weighted by Crippen LogP contribution is 2.32. The van der Waals surface area contributed by atoms with E-state index < -0.39 is 0 Å². The highest BCUT2D eigenvalue weighted by atomic mass is 16.5. The SMILES string of the molecule is CC(C)c1cccc(C(C)C)c1NC(=O)CCc1nc(-c2ccccc2)no1. The molecule has 1 N–H and O–H groups in total. The molecule has 0 aliphatic heterocycles. The maximum atomic E-state index is 12.6. The molecule has 1 aromatic heterocycles. The lowest BCUT2D eigenvalue weighted by molar-refractivity contribution is -0.116. The fourth-order valence-electron chi connectivity index (χ4n) is 3.18. The van der Waals surface area contributed by atoms with Gasteiger partial charge in [-0.1, -0.05) is 81.4 Å². The van der Waals surface area contributed by atoms with Gasteiger partial charge in [-0.05, 0) is 23.0 Å². The number of aryl methyl sites for hydroxylation is 1. The first-order valence-electron chi connectivity index (χ1n) is 9.76. The Morgan fingerprint density at radius 3 is 2.21 bits per heavy atom. The third kappa shape index (κ3) is 4.66. The molecule has 0 radical (unpaired) electrons. The fourth-order valence-corrected chi connectivity index (χ4v) is 3.18. The Labute approximate surface area is 166 Å². The highest BCUT2D eigenvalue weighted by Gasteiger charge is 2.17. The van der Waals surface area contributed by atoms with Crippen molar-refractivity contribution in [2.45, 2.75) is 52.4 Å². The van der Waals surface area contributed by atoms with Gasteiger partial charge in [0.05, 0.1) is 0 Å². The van der Waals surface area contributed by atoms with Gasteiger partial charge in [-0.15, -0.1) is 0 Å². The number of carbonyl (C=O) groups excluding carboxylic acids is 1. The van der Waals surface area contributed by atoms with Gasteiger partial charge >= 0.3 is 0 Å². The summed E-state index contributed by atoms with van der Waals surface area (Å²) in [6.45, 7) is 8.55. The number of amides is 1. The molecule has 1 heterocycles. The number of anilines is 1. The number of benzene rings is 2. The molecule has 5 heteroatoms. The van der Waals surface area contributed by atoms with Crippen LogP contribution in [0.2, 0.25) is 0 Å². The van der Waals surface area contributed by atoms with Crippen molar-refractivity contribution in [2.75, 3.05) is 5.32 Å². The third-order valence-electron chi connectivity index (χ3n) is 4.70. The van der Waals surface area contributed by atoms with E-state index in [4.69, 9.17) is 4.52 Å². The summed E-state index contributed by atoms with van der Waals surface area (Å²) < 4.78 is 5.30. The summed E-state index contributed by atoms with van der Waals surface area (Å²) in [4.78, 5) is 17.0. The quantitative estimate of drug-likeness (QED) is 0.586. The molecule has 0 spiro atoms. The van der Waals surface area contributed by atoms with Crippen LogP contribution in [0.1, 0.15) is 63.0 Å². The van der Waals surface area contributed by atoms with Crippen LogP contribution in [0.4, 0.5) is 5.69 Å². The van der Waals surface area contributed by atoms with Gasteiger partial charge in [-0.2, -0.15) is 4.98 Å². The van der Waals surface area contributed by atoms with Gasteiger partial charge in [0.2, 0.25) is 17.6 Å². The van der Waals surface area contributed by atoms with E-state index in [1.165, 1.54) is 0 Å². The van der Waals surface area contributed by atoms with Gasteiger partial charge in [0, 0.05) is 24.1 Å². The lowest BCUT2D eigenvalue weighted by Gasteiger charge is -2.20. The first-order chi connectivity index (χ1) is 13.5. The third-order valence-corrected chi connectivity index (χ3v) is 4.70. The topological polar surface area (TPSA) is 68.0 Å². The zero-order chi connectivity index (χ0) is 20.1. The Morgan fingerprint density at radius 1 is 0.964 bits per heavy atom. The van der Waals surface area contributed by atoms with Crippen LogP contribution in [0.15, 0.2) is 53.1 Å². The number of nitrogens with zero attached hydrogens (tertiary/aromatic N) is 2. The van der Waals surface area contributed by atoms with E-state index in [1.54, 1.807) is 0 Å². The smallest absolute Gasteiger partial charge is 0.227 e. The zero-order valence-corrected chi connectivity index (χ0v) is 16.9. The van der Waals surface area contributed by atoms with Gasteiger partial charge in [0.15, 0.2) is 0 Å². The molecule has 0 fully saturated rings. The van der Waals surface area contributed by atoms with E-state index in [9.17, 15) is 4.79 Å². The maximum Gasteiger partial charge on any atom is 0.227 e. The maximum absolute atomic E-state index is 12.6. The summed E-state index contributed by atoms with van der Waals surface area (Å²) >= 11 is 0. The van der Waals surface area contributed by atoms with Crippen molar-refractivity contribution < 1.29 is 9.32 Å². The van der Waals surface area contributed by atoms with Gasteiger partial charge in [0.1, 0.15) is 0 Å². The van der Waals surface area contributed by atoms with Crippen LogP contribution in [0.25, 0.3) is 11.4 Å². The molecule has 2 aromatic carbocycles. The predicted molar refractivity (Wildman–Crippen MR) is 111 cm³/mol. The summed E-state index contributed by atoms with van der Waals surface area (Å²) in [6.07, 6.45) is 0.701. The largest absolute Gasteiger partial charge is 0.339 e.